The molecule has 0 heterocycles. The van der Waals surface area contributed by atoms with Gasteiger partial charge in [-0.3, -0.25) is 0 Å². The summed E-state index contributed by atoms with van der Waals surface area (Å²) in [5.74, 6) is 0. The highest BCUT2D eigenvalue weighted by Crippen LogP contribution is 2.19. The average Bonchev–Trinajstić information content (AvgIpc) is 2.32. The van der Waals surface area contributed by atoms with Crippen LogP contribution in [0.1, 0.15) is 5.56 Å². The van der Waals surface area contributed by atoms with Gasteiger partial charge in [0.2, 0.25) is 0 Å². The predicted octanol–water partition coefficient (Wildman–Crippen LogP) is 4.06. The lowest BCUT2D eigenvalue weighted by Crippen LogP contribution is -1.90. The van der Waals surface area contributed by atoms with Crippen molar-refractivity contribution in [3.63, 3.8) is 0 Å². The maximum Gasteiger partial charge on any atom is 0.0992 e. The van der Waals surface area contributed by atoms with Gasteiger partial charge in [0.05, 0.1) is 11.6 Å². The van der Waals surface area contributed by atoms with E-state index in [0.717, 1.165) is 15.8 Å². The molecule has 0 bridgehead atoms. The second-order valence-corrected chi connectivity index (χ2v) is 4.24. The molecule has 2 nitrogen and oxygen atoms in total. The Labute approximate surface area is 103 Å². The van der Waals surface area contributed by atoms with Crippen molar-refractivity contribution < 1.29 is 0 Å². The number of anilines is 2. The van der Waals surface area contributed by atoms with Crippen LogP contribution in [-0.2, 0) is 0 Å². The Hall–Kier alpha value is -1.79. The van der Waals surface area contributed by atoms with Crippen LogP contribution in [0.25, 0.3) is 0 Å². The summed E-state index contributed by atoms with van der Waals surface area (Å²) in [6.07, 6.45) is 0. The fourth-order valence-corrected chi connectivity index (χ4v) is 1.63. The highest BCUT2D eigenvalue weighted by atomic mass is 79.9. The first kappa shape index (κ1) is 10.7. The number of benzene rings is 2. The summed E-state index contributed by atoms with van der Waals surface area (Å²) in [6.45, 7) is 0. The summed E-state index contributed by atoms with van der Waals surface area (Å²) in [5.41, 5.74) is 2.57. The Morgan fingerprint density at radius 1 is 1.00 bits per heavy atom. The Balaban J connectivity index is 2.21. The molecule has 0 atom stereocenters. The number of nitrogens with zero attached hydrogens (tertiary/aromatic N) is 1. The van der Waals surface area contributed by atoms with Crippen LogP contribution in [0.5, 0.6) is 0 Å². The Morgan fingerprint density at radius 3 is 2.44 bits per heavy atom. The van der Waals surface area contributed by atoms with Crippen LogP contribution >= 0.6 is 15.9 Å². The molecule has 0 unspecified atom stereocenters. The van der Waals surface area contributed by atoms with E-state index >= 15 is 0 Å². The monoisotopic (exact) mass is 272 g/mol. The van der Waals surface area contributed by atoms with E-state index in [9.17, 15) is 0 Å². The number of halogens is 1. The van der Waals surface area contributed by atoms with Gasteiger partial charge < -0.3 is 5.32 Å². The summed E-state index contributed by atoms with van der Waals surface area (Å²) in [6, 6.07) is 17.4. The van der Waals surface area contributed by atoms with Gasteiger partial charge in [0, 0.05) is 15.8 Å². The first-order valence-corrected chi connectivity index (χ1v) is 5.60. The van der Waals surface area contributed by atoms with Gasteiger partial charge >= 0.3 is 0 Å². The molecule has 0 saturated heterocycles. The van der Waals surface area contributed by atoms with E-state index in [1.54, 1.807) is 6.07 Å². The van der Waals surface area contributed by atoms with Crippen LogP contribution in [0.3, 0.4) is 0 Å². The molecule has 0 aliphatic carbocycles. The second kappa shape index (κ2) is 4.82. The molecule has 2 rings (SSSR count). The number of rotatable bonds is 2. The van der Waals surface area contributed by atoms with Crippen molar-refractivity contribution in [1.29, 1.82) is 5.26 Å². The van der Waals surface area contributed by atoms with Crippen molar-refractivity contribution in [2.45, 2.75) is 0 Å². The zero-order chi connectivity index (χ0) is 11.4. The molecular weight excluding hydrogens is 264 g/mol. The van der Waals surface area contributed by atoms with E-state index in [2.05, 4.69) is 27.3 Å². The number of nitrogens with one attached hydrogen (secondary N) is 1. The number of hydrogen-bond donors (Lipinski definition) is 1. The van der Waals surface area contributed by atoms with Gasteiger partial charge in [-0.15, -0.1) is 0 Å². The summed E-state index contributed by atoms with van der Waals surface area (Å²) in [5, 5.41) is 12.0. The fourth-order valence-electron chi connectivity index (χ4n) is 1.37. The summed E-state index contributed by atoms with van der Waals surface area (Å²) >= 11 is 3.38. The molecule has 0 spiro atoms. The van der Waals surface area contributed by atoms with Crippen LogP contribution in [-0.4, -0.2) is 0 Å². The summed E-state index contributed by atoms with van der Waals surface area (Å²) in [4.78, 5) is 0. The topological polar surface area (TPSA) is 35.8 Å². The van der Waals surface area contributed by atoms with Crippen molar-refractivity contribution in [2.24, 2.45) is 0 Å². The lowest BCUT2D eigenvalue weighted by atomic mass is 10.2. The lowest BCUT2D eigenvalue weighted by Gasteiger charge is -2.06. The SMILES string of the molecule is N#Cc1cccc(Nc2ccc(Br)cc2)c1. The smallest absolute Gasteiger partial charge is 0.0992 e. The highest BCUT2D eigenvalue weighted by Gasteiger charge is 1.96. The van der Waals surface area contributed by atoms with E-state index in [4.69, 9.17) is 5.26 Å². The van der Waals surface area contributed by atoms with Crippen LogP contribution in [0.15, 0.2) is 53.0 Å². The third kappa shape index (κ3) is 2.62. The van der Waals surface area contributed by atoms with Crippen LogP contribution in [0.4, 0.5) is 11.4 Å². The van der Waals surface area contributed by atoms with Crippen molar-refractivity contribution in [3.8, 4) is 6.07 Å². The van der Waals surface area contributed by atoms with Gasteiger partial charge in [-0.2, -0.15) is 5.26 Å². The first-order chi connectivity index (χ1) is 7.78. The third-order valence-corrected chi connectivity index (χ3v) is 2.65. The molecule has 78 valence electrons. The normalized spacial score (nSPS) is 9.50. The van der Waals surface area contributed by atoms with E-state index in [1.165, 1.54) is 0 Å². The quantitative estimate of drug-likeness (QED) is 0.895. The van der Waals surface area contributed by atoms with Crippen LogP contribution < -0.4 is 5.32 Å². The molecule has 2 aromatic rings. The zero-order valence-electron chi connectivity index (χ0n) is 8.44. The molecule has 3 heteroatoms. The van der Waals surface area contributed by atoms with Gasteiger partial charge in [0.15, 0.2) is 0 Å². The van der Waals surface area contributed by atoms with Crippen molar-refractivity contribution in [3.05, 3.63) is 58.6 Å². The minimum absolute atomic E-state index is 0.655. The van der Waals surface area contributed by atoms with Gasteiger partial charge in [0.25, 0.3) is 0 Å². The molecule has 0 amide bonds. The van der Waals surface area contributed by atoms with E-state index in [1.807, 2.05) is 42.5 Å². The molecule has 0 fully saturated rings. The maximum absolute atomic E-state index is 8.78. The molecule has 0 aliphatic rings. The van der Waals surface area contributed by atoms with Crippen molar-refractivity contribution in [1.82, 2.24) is 0 Å². The van der Waals surface area contributed by atoms with Gasteiger partial charge in [-0.25, -0.2) is 0 Å². The standard InChI is InChI=1S/C13H9BrN2/c14-11-4-6-12(7-5-11)16-13-3-1-2-10(8-13)9-15/h1-8,16H. The molecular formula is C13H9BrN2. The first-order valence-electron chi connectivity index (χ1n) is 4.81. The lowest BCUT2D eigenvalue weighted by molar-refractivity contribution is 1.47. The largest absolute Gasteiger partial charge is 0.355 e. The van der Waals surface area contributed by atoms with Crippen LogP contribution in [0, 0.1) is 11.3 Å². The molecule has 0 aromatic heterocycles. The zero-order valence-corrected chi connectivity index (χ0v) is 10.0. The van der Waals surface area contributed by atoms with Crippen molar-refractivity contribution >= 4 is 27.3 Å². The number of nitriles is 1. The third-order valence-electron chi connectivity index (χ3n) is 2.12. The summed E-state index contributed by atoms with van der Waals surface area (Å²) < 4.78 is 1.05. The Kier molecular flexibility index (Phi) is 3.23. The molecule has 1 N–H and O–H groups in total. The summed E-state index contributed by atoms with van der Waals surface area (Å²) in [7, 11) is 0. The number of hydrogen-bond acceptors (Lipinski definition) is 2. The van der Waals surface area contributed by atoms with Gasteiger partial charge in [-0.05, 0) is 42.5 Å². The molecule has 16 heavy (non-hydrogen) atoms. The highest BCUT2D eigenvalue weighted by molar-refractivity contribution is 9.10. The molecule has 0 radical (unpaired) electrons. The minimum Gasteiger partial charge on any atom is -0.355 e. The predicted molar refractivity (Wildman–Crippen MR) is 68.6 cm³/mol. The van der Waals surface area contributed by atoms with Gasteiger partial charge in [-0.1, -0.05) is 22.0 Å². The average molecular weight is 273 g/mol. The van der Waals surface area contributed by atoms with E-state index < -0.39 is 0 Å². The molecule has 0 aliphatic heterocycles. The second-order valence-electron chi connectivity index (χ2n) is 3.32. The molecule has 0 saturated carbocycles. The molecule has 2 aromatic carbocycles. The Bertz CT molecular complexity index is 526. The van der Waals surface area contributed by atoms with Crippen molar-refractivity contribution in [2.75, 3.05) is 5.32 Å². The fraction of sp³-hybridized carbons (Fsp3) is 0. The van der Waals surface area contributed by atoms with Crippen LogP contribution in [0.2, 0.25) is 0 Å². The maximum atomic E-state index is 8.78. The van der Waals surface area contributed by atoms with E-state index in [-0.39, 0.29) is 0 Å². The minimum atomic E-state index is 0.655. The van der Waals surface area contributed by atoms with Gasteiger partial charge in [0.1, 0.15) is 0 Å². The Morgan fingerprint density at radius 2 is 1.75 bits per heavy atom. The van der Waals surface area contributed by atoms with E-state index in [0.29, 0.717) is 5.56 Å².